The summed E-state index contributed by atoms with van der Waals surface area (Å²) in [5, 5.41) is 0. The van der Waals surface area contributed by atoms with Crippen molar-refractivity contribution in [2.75, 3.05) is 14.2 Å². The Morgan fingerprint density at radius 1 is 1.22 bits per heavy atom. The van der Waals surface area contributed by atoms with Crippen molar-refractivity contribution in [1.82, 2.24) is 0 Å². The summed E-state index contributed by atoms with van der Waals surface area (Å²) >= 11 is 0. The third kappa shape index (κ3) is 3.84. The number of rotatable bonds is 4. The van der Waals surface area contributed by atoms with E-state index in [0.717, 1.165) is 5.56 Å². The summed E-state index contributed by atoms with van der Waals surface area (Å²) in [5.41, 5.74) is 0.774. The molecule has 18 heavy (non-hydrogen) atoms. The van der Waals surface area contributed by atoms with Gasteiger partial charge in [-0.3, -0.25) is 0 Å². The highest BCUT2D eigenvalue weighted by molar-refractivity contribution is 7.85. The molecule has 0 aliphatic heterocycles. The molecule has 0 aromatic heterocycles. The lowest BCUT2D eigenvalue weighted by Gasteiger charge is -2.13. The molecule has 0 aliphatic carbocycles. The lowest BCUT2D eigenvalue weighted by molar-refractivity contribution is 0.394. The van der Waals surface area contributed by atoms with Crippen molar-refractivity contribution >= 4 is 17.2 Å². The maximum atomic E-state index is 11.8. The minimum atomic E-state index is -1.27. The normalized spacial score (nSPS) is 13.6. The Morgan fingerprint density at radius 2 is 1.89 bits per heavy atom. The molecule has 4 nitrogen and oxygen atoms in total. The van der Waals surface area contributed by atoms with Gasteiger partial charge in [-0.2, -0.15) is 4.40 Å². The van der Waals surface area contributed by atoms with E-state index >= 15 is 0 Å². The van der Waals surface area contributed by atoms with Crippen molar-refractivity contribution in [1.29, 1.82) is 0 Å². The van der Waals surface area contributed by atoms with Crippen LogP contribution >= 0.6 is 0 Å². The van der Waals surface area contributed by atoms with Gasteiger partial charge in [0.25, 0.3) is 0 Å². The molecule has 0 aliphatic rings. The Kier molecular flexibility index (Phi) is 4.90. The van der Waals surface area contributed by atoms with Crippen molar-refractivity contribution in [3.8, 4) is 11.5 Å². The summed E-state index contributed by atoms with van der Waals surface area (Å²) in [6.07, 6.45) is 1.57. The molecule has 1 unspecified atom stereocenters. The van der Waals surface area contributed by atoms with Gasteiger partial charge < -0.3 is 9.47 Å². The summed E-state index contributed by atoms with van der Waals surface area (Å²) < 4.78 is 25.8. The average molecular weight is 269 g/mol. The first kappa shape index (κ1) is 14.7. The van der Waals surface area contributed by atoms with Gasteiger partial charge in [-0.25, -0.2) is 4.21 Å². The van der Waals surface area contributed by atoms with E-state index in [9.17, 15) is 4.21 Å². The Hall–Kier alpha value is -1.36. The van der Waals surface area contributed by atoms with Crippen LogP contribution in [-0.2, 0) is 11.0 Å². The number of hydrogen-bond acceptors (Lipinski definition) is 3. The fraction of sp³-hybridized carbons (Fsp3) is 0.462. The van der Waals surface area contributed by atoms with E-state index in [4.69, 9.17) is 9.47 Å². The molecule has 0 amide bonds. The molecule has 0 saturated heterocycles. The van der Waals surface area contributed by atoms with E-state index in [-0.39, 0.29) is 4.75 Å². The second-order valence-corrected chi connectivity index (χ2v) is 6.64. The first-order valence-electron chi connectivity index (χ1n) is 5.56. The van der Waals surface area contributed by atoms with Crippen LogP contribution in [0.3, 0.4) is 0 Å². The van der Waals surface area contributed by atoms with Gasteiger partial charge in [0.05, 0.1) is 19.0 Å². The largest absolute Gasteiger partial charge is 0.497 e. The highest BCUT2D eigenvalue weighted by Crippen LogP contribution is 2.23. The van der Waals surface area contributed by atoms with Crippen LogP contribution in [0, 0.1) is 0 Å². The van der Waals surface area contributed by atoms with Crippen molar-refractivity contribution < 1.29 is 13.7 Å². The Balaban J connectivity index is 2.97. The summed E-state index contributed by atoms with van der Waals surface area (Å²) in [5.74, 6) is 1.35. The molecule has 1 atom stereocenters. The maximum absolute atomic E-state index is 11.8. The van der Waals surface area contributed by atoms with Gasteiger partial charge in [0.2, 0.25) is 0 Å². The van der Waals surface area contributed by atoms with E-state index in [1.807, 2.05) is 32.9 Å². The second kappa shape index (κ2) is 6.00. The van der Waals surface area contributed by atoms with Crippen LogP contribution in [0.5, 0.6) is 11.5 Å². The van der Waals surface area contributed by atoms with E-state index in [1.165, 1.54) is 0 Å². The molecule has 1 rings (SSSR count). The van der Waals surface area contributed by atoms with E-state index < -0.39 is 11.0 Å². The van der Waals surface area contributed by atoms with E-state index in [0.29, 0.717) is 11.5 Å². The zero-order valence-electron chi connectivity index (χ0n) is 11.4. The van der Waals surface area contributed by atoms with Gasteiger partial charge in [-0.1, -0.05) is 0 Å². The van der Waals surface area contributed by atoms with Crippen molar-refractivity contribution in [2.45, 2.75) is 25.5 Å². The quantitative estimate of drug-likeness (QED) is 0.789. The van der Waals surface area contributed by atoms with E-state index in [2.05, 4.69) is 4.40 Å². The number of methoxy groups -OCH3 is 2. The first-order chi connectivity index (χ1) is 8.38. The third-order valence-corrected chi connectivity index (χ3v) is 3.60. The number of benzene rings is 1. The van der Waals surface area contributed by atoms with Crippen LogP contribution in [0.1, 0.15) is 26.3 Å². The Bertz CT molecular complexity index is 464. The maximum Gasteiger partial charge on any atom is 0.144 e. The predicted molar refractivity (Wildman–Crippen MR) is 75.0 cm³/mol. The molecule has 0 spiro atoms. The van der Waals surface area contributed by atoms with E-state index in [1.54, 1.807) is 26.5 Å². The van der Waals surface area contributed by atoms with Gasteiger partial charge in [-0.05, 0) is 32.9 Å². The van der Waals surface area contributed by atoms with Gasteiger partial charge in [0, 0.05) is 17.8 Å². The fourth-order valence-electron chi connectivity index (χ4n) is 1.19. The van der Waals surface area contributed by atoms with Crippen molar-refractivity contribution in [2.24, 2.45) is 4.40 Å². The van der Waals surface area contributed by atoms with Gasteiger partial charge in [-0.15, -0.1) is 0 Å². The molecule has 0 bridgehead atoms. The molecule has 0 fully saturated rings. The molecule has 0 N–H and O–H groups in total. The molecular formula is C13H19NO3S. The summed E-state index contributed by atoms with van der Waals surface area (Å²) in [6.45, 7) is 5.64. The highest BCUT2D eigenvalue weighted by Gasteiger charge is 2.18. The highest BCUT2D eigenvalue weighted by atomic mass is 32.2. The molecule has 5 heteroatoms. The van der Waals surface area contributed by atoms with Crippen LogP contribution in [-0.4, -0.2) is 29.4 Å². The van der Waals surface area contributed by atoms with Gasteiger partial charge >= 0.3 is 0 Å². The second-order valence-electron chi connectivity index (χ2n) is 4.70. The molecule has 1 aromatic carbocycles. The van der Waals surface area contributed by atoms with Crippen LogP contribution in [0.15, 0.2) is 22.6 Å². The zero-order valence-corrected chi connectivity index (χ0v) is 12.2. The standard InChI is InChI=1S/C13H19NO3S/c1-13(2,3)18(15)14-9-10-6-7-11(16-4)8-12(10)17-5/h6-9H,1-5H3/b14-9+. The molecule has 0 heterocycles. The summed E-state index contributed by atoms with van der Waals surface area (Å²) in [4.78, 5) is 0. The van der Waals surface area contributed by atoms with Crippen molar-refractivity contribution in [3.63, 3.8) is 0 Å². The molecule has 1 aromatic rings. The van der Waals surface area contributed by atoms with Crippen LogP contribution in [0.4, 0.5) is 0 Å². The zero-order chi connectivity index (χ0) is 13.8. The fourth-order valence-corrected chi connectivity index (χ4v) is 1.71. The lowest BCUT2D eigenvalue weighted by Crippen LogP contribution is -2.19. The summed E-state index contributed by atoms with van der Waals surface area (Å²) in [6, 6.07) is 5.40. The van der Waals surface area contributed by atoms with Crippen LogP contribution < -0.4 is 9.47 Å². The average Bonchev–Trinajstić information content (AvgIpc) is 2.34. The first-order valence-corrected chi connectivity index (χ1v) is 6.67. The molecular weight excluding hydrogens is 250 g/mol. The number of ether oxygens (including phenoxy) is 2. The SMILES string of the molecule is COc1ccc(/C=N/S(=O)C(C)(C)C)c(OC)c1. The summed E-state index contributed by atoms with van der Waals surface area (Å²) in [7, 11) is 1.90. The molecule has 0 radical (unpaired) electrons. The monoisotopic (exact) mass is 269 g/mol. The topological polar surface area (TPSA) is 47.9 Å². The Labute approximate surface area is 111 Å². The minimum Gasteiger partial charge on any atom is -0.497 e. The van der Waals surface area contributed by atoms with Gasteiger partial charge in [0.1, 0.15) is 22.5 Å². The number of hydrogen-bond donors (Lipinski definition) is 0. The number of nitrogens with zero attached hydrogens (tertiary/aromatic N) is 1. The van der Waals surface area contributed by atoms with Crippen molar-refractivity contribution in [3.05, 3.63) is 23.8 Å². The molecule has 0 saturated carbocycles. The molecule has 100 valence electrons. The predicted octanol–water partition coefficient (Wildman–Crippen LogP) is 2.58. The van der Waals surface area contributed by atoms with Gasteiger partial charge in [0.15, 0.2) is 0 Å². The lowest BCUT2D eigenvalue weighted by atomic mass is 10.2. The third-order valence-electron chi connectivity index (χ3n) is 2.25. The van der Waals surface area contributed by atoms with Crippen LogP contribution in [0.25, 0.3) is 0 Å². The Morgan fingerprint density at radius 3 is 2.39 bits per heavy atom. The minimum absolute atomic E-state index is 0.365. The smallest absolute Gasteiger partial charge is 0.144 e. The van der Waals surface area contributed by atoms with Crippen LogP contribution in [0.2, 0.25) is 0 Å².